The van der Waals surface area contributed by atoms with Crippen molar-refractivity contribution < 1.29 is 9.53 Å². The fourth-order valence-electron chi connectivity index (χ4n) is 5.70. The molecule has 39 heavy (non-hydrogen) atoms. The Balaban J connectivity index is 1.33. The first-order chi connectivity index (χ1) is 18.7. The molecular formula is C33H39N3O2Si. The van der Waals surface area contributed by atoms with Gasteiger partial charge in [-0.3, -0.25) is 0 Å². The Kier molecular flexibility index (Phi) is 7.83. The van der Waals surface area contributed by atoms with Crippen LogP contribution in [0.4, 0.5) is 10.5 Å². The average molecular weight is 538 g/mol. The summed E-state index contributed by atoms with van der Waals surface area (Å²) in [6.07, 6.45) is -0.393. The minimum atomic E-state index is -1.54. The number of carbonyl (C=O) groups excluding carboxylic acids is 1. The summed E-state index contributed by atoms with van der Waals surface area (Å²) in [5.74, 6) is 3.54. The molecule has 202 valence electrons. The van der Waals surface area contributed by atoms with E-state index in [0.717, 1.165) is 37.3 Å². The minimum absolute atomic E-state index is 0.0482. The molecule has 6 heteroatoms. The number of carbonyl (C=O) groups is 1. The van der Waals surface area contributed by atoms with Crippen LogP contribution in [-0.4, -0.2) is 47.0 Å². The highest BCUT2D eigenvalue weighted by atomic mass is 28.3. The molecule has 3 aromatic carbocycles. The van der Waals surface area contributed by atoms with E-state index in [4.69, 9.17) is 4.74 Å². The van der Waals surface area contributed by atoms with Crippen molar-refractivity contribution >= 4 is 19.9 Å². The molecule has 0 unspecified atom stereocenters. The van der Waals surface area contributed by atoms with Gasteiger partial charge < -0.3 is 20.3 Å². The quantitative estimate of drug-likeness (QED) is 0.311. The summed E-state index contributed by atoms with van der Waals surface area (Å²) in [4.78, 5) is 15.4. The van der Waals surface area contributed by atoms with Crippen molar-refractivity contribution in [2.24, 2.45) is 0 Å². The second-order valence-electron chi connectivity index (χ2n) is 11.6. The summed E-state index contributed by atoms with van der Waals surface area (Å²) < 4.78 is 5.80. The molecule has 1 heterocycles. The van der Waals surface area contributed by atoms with Crippen LogP contribution in [0.5, 0.6) is 0 Å². The Morgan fingerprint density at radius 3 is 2.23 bits per heavy atom. The number of nitrogens with one attached hydrogen (secondary N) is 2. The van der Waals surface area contributed by atoms with Gasteiger partial charge >= 0.3 is 6.09 Å². The van der Waals surface area contributed by atoms with Gasteiger partial charge in [0.15, 0.2) is 0 Å². The highest BCUT2D eigenvalue weighted by Crippen LogP contribution is 2.44. The summed E-state index contributed by atoms with van der Waals surface area (Å²) in [5.41, 5.74) is 14.2. The Bertz CT molecular complexity index is 1400. The third-order valence-electron chi connectivity index (χ3n) is 7.69. The molecular weight excluding hydrogens is 498 g/mol. The lowest BCUT2D eigenvalue weighted by molar-refractivity contribution is 0.142. The van der Waals surface area contributed by atoms with Gasteiger partial charge in [-0.2, -0.15) is 0 Å². The highest BCUT2D eigenvalue weighted by molar-refractivity contribution is 6.83. The molecule has 5 rings (SSSR count). The lowest BCUT2D eigenvalue weighted by Gasteiger charge is -2.33. The molecule has 1 aliphatic carbocycles. The van der Waals surface area contributed by atoms with E-state index in [1.165, 1.54) is 39.1 Å². The predicted molar refractivity (Wildman–Crippen MR) is 163 cm³/mol. The number of piperazine rings is 1. The van der Waals surface area contributed by atoms with Crippen LogP contribution >= 0.6 is 0 Å². The van der Waals surface area contributed by atoms with Crippen LogP contribution in [-0.2, 0) is 11.3 Å². The molecule has 0 radical (unpaired) electrons. The third-order valence-corrected chi connectivity index (χ3v) is 8.56. The summed E-state index contributed by atoms with van der Waals surface area (Å²) in [6, 6.07) is 19.0. The van der Waals surface area contributed by atoms with E-state index < -0.39 is 14.2 Å². The van der Waals surface area contributed by atoms with E-state index in [2.05, 4.69) is 115 Å². The van der Waals surface area contributed by atoms with Crippen molar-refractivity contribution in [1.82, 2.24) is 10.6 Å². The normalized spacial score (nSPS) is 14.7. The lowest BCUT2D eigenvalue weighted by atomic mass is 9.96. The SMILES string of the molecule is Cc1c(C#C[Si](C)(C)C)cc(CNC(=O)OCC2c3ccccc3-c3ccccc32)c(C)c1N1CCNCC1. The number of alkyl carbamates (subject to hydrolysis) is 1. The molecule has 2 N–H and O–H groups in total. The molecule has 0 saturated carbocycles. The van der Waals surface area contributed by atoms with Crippen LogP contribution in [0.25, 0.3) is 11.1 Å². The van der Waals surface area contributed by atoms with Crippen LogP contribution in [0.3, 0.4) is 0 Å². The Morgan fingerprint density at radius 2 is 1.62 bits per heavy atom. The Hall–Kier alpha value is -3.53. The maximum absolute atomic E-state index is 12.9. The number of rotatable bonds is 5. The topological polar surface area (TPSA) is 53.6 Å². The van der Waals surface area contributed by atoms with Gasteiger partial charge in [0.2, 0.25) is 0 Å². The van der Waals surface area contributed by atoms with Gasteiger partial charge in [-0.05, 0) is 58.9 Å². The molecule has 0 bridgehead atoms. The van der Waals surface area contributed by atoms with Crippen LogP contribution in [0, 0.1) is 25.3 Å². The van der Waals surface area contributed by atoms with Crippen molar-refractivity contribution in [3.05, 3.63) is 88.0 Å². The maximum Gasteiger partial charge on any atom is 0.407 e. The molecule has 1 saturated heterocycles. The molecule has 5 nitrogen and oxygen atoms in total. The third kappa shape index (κ3) is 5.90. The zero-order valence-electron chi connectivity index (χ0n) is 23.8. The van der Waals surface area contributed by atoms with Gasteiger partial charge in [-0.25, -0.2) is 4.79 Å². The molecule has 1 amide bonds. The molecule has 2 aliphatic rings. The number of amides is 1. The molecule has 1 aliphatic heterocycles. The van der Waals surface area contributed by atoms with E-state index in [9.17, 15) is 4.79 Å². The fourth-order valence-corrected chi connectivity index (χ4v) is 6.21. The first-order valence-corrected chi connectivity index (χ1v) is 17.4. The number of anilines is 1. The molecule has 0 atom stereocenters. The monoisotopic (exact) mass is 537 g/mol. The van der Waals surface area contributed by atoms with Crippen molar-refractivity contribution in [3.63, 3.8) is 0 Å². The Labute approximate surface area is 234 Å². The standard InChI is InChI=1S/C33H39N3O2Si/c1-23-25(14-19-39(3,4)5)20-26(24(2)32(23)36-17-15-34-16-18-36)21-35-33(37)38-22-31-29-12-8-6-10-27(29)28-11-7-9-13-30(28)31/h6-13,20,31,34H,15-18,21-22H2,1-5H3,(H,35,37). The molecule has 3 aromatic rings. The lowest BCUT2D eigenvalue weighted by Crippen LogP contribution is -2.44. The molecule has 0 aromatic heterocycles. The first kappa shape index (κ1) is 27.0. The van der Waals surface area contributed by atoms with Crippen LogP contribution in [0.1, 0.15) is 39.3 Å². The molecule has 1 fully saturated rings. The number of fused-ring (bicyclic) bond motifs is 3. The smallest absolute Gasteiger partial charge is 0.407 e. The number of benzene rings is 3. The van der Waals surface area contributed by atoms with Crippen molar-refractivity contribution in [3.8, 4) is 22.6 Å². The van der Waals surface area contributed by atoms with Gasteiger partial charge in [-0.1, -0.05) is 74.1 Å². The average Bonchev–Trinajstić information content (AvgIpc) is 3.25. The van der Waals surface area contributed by atoms with E-state index in [-0.39, 0.29) is 5.92 Å². The predicted octanol–water partition coefficient (Wildman–Crippen LogP) is 5.98. The van der Waals surface area contributed by atoms with E-state index in [1.54, 1.807) is 0 Å². The Morgan fingerprint density at radius 1 is 1.00 bits per heavy atom. The molecule has 0 spiro atoms. The van der Waals surface area contributed by atoms with Crippen molar-refractivity contribution in [2.45, 2.75) is 46.0 Å². The maximum atomic E-state index is 12.9. The van der Waals surface area contributed by atoms with Gasteiger partial charge in [-0.15, -0.1) is 5.54 Å². The second-order valence-corrected chi connectivity index (χ2v) is 16.3. The van der Waals surface area contributed by atoms with Crippen LogP contribution in [0.2, 0.25) is 19.6 Å². The van der Waals surface area contributed by atoms with E-state index in [0.29, 0.717) is 13.2 Å². The van der Waals surface area contributed by atoms with Crippen molar-refractivity contribution in [1.29, 1.82) is 0 Å². The zero-order chi connectivity index (χ0) is 27.6. The zero-order valence-corrected chi connectivity index (χ0v) is 24.8. The van der Waals surface area contributed by atoms with Gasteiger partial charge in [0.1, 0.15) is 14.7 Å². The van der Waals surface area contributed by atoms with Gasteiger partial charge in [0, 0.05) is 49.9 Å². The van der Waals surface area contributed by atoms with Gasteiger partial charge in [0.25, 0.3) is 0 Å². The first-order valence-electron chi connectivity index (χ1n) is 13.9. The summed E-state index contributed by atoms with van der Waals surface area (Å²) in [5, 5.41) is 6.48. The van der Waals surface area contributed by atoms with Crippen molar-refractivity contribution in [2.75, 3.05) is 37.7 Å². The fraction of sp³-hybridized carbons (Fsp3) is 0.364. The van der Waals surface area contributed by atoms with Crippen LogP contribution in [0.15, 0.2) is 54.6 Å². The van der Waals surface area contributed by atoms with E-state index >= 15 is 0 Å². The largest absolute Gasteiger partial charge is 0.449 e. The number of hydrogen-bond acceptors (Lipinski definition) is 4. The number of nitrogens with zero attached hydrogens (tertiary/aromatic N) is 1. The number of hydrogen-bond donors (Lipinski definition) is 2. The van der Waals surface area contributed by atoms with E-state index in [1.807, 2.05) is 0 Å². The summed E-state index contributed by atoms with van der Waals surface area (Å²) >= 11 is 0. The summed E-state index contributed by atoms with van der Waals surface area (Å²) in [6.45, 7) is 15.7. The van der Waals surface area contributed by atoms with Crippen LogP contribution < -0.4 is 15.5 Å². The summed E-state index contributed by atoms with van der Waals surface area (Å²) in [7, 11) is -1.54. The highest BCUT2D eigenvalue weighted by Gasteiger charge is 2.29. The number of ether oxygens (including phenoxy) is 1. The minimum Gasteiger partial charge on any atom is -0.449 e. The second kappa shape index (κ2) is 11.3. The van der Waals surface area contributed by atoms with Gasteiger partial charge in [0.05, 0.1) is 0 Å².